The molecule has 1 amide bonds. The Bertz CT molecular complexity index is 1290. The molecule has 0 spiro atoms. The number of nitrogens with zero attached hydrogens (tertiary/aromatic N) is 3. The highest BCUT2D eigenvalue weighted by Crippen LogP contribution is 2.15. The van der Waals surface area contributed by atoms with Gasteiger partial charge in [-0.25, -0.2) is 10.1 Å². The van der Waals surface area contributed by atoms with Crippen LogP contribution in [0.5, 0.6) is 0 Å². The number of rotatable bonds is 5. The molecule has 144 valence electrons. The van der Waals surface area contributed by atoms with E-state index in [1.165, 1.54) is 4.68 Å². The summed E-state index contributed by atoms with van der Waals surface area (Å²) in [5.41, 5.74) is 3.39. The van der Waals surface area contributed by atoms with Gasteiger partial charge in [0.2, 0.25) is 0 Å². The summed E-state index contributed by atoms with van der Waals surface area (Å²) in [6, 6.07) is 21.0. The molecule has 1 N–H and O–H groups in total. The van der Waals surface area contributed by atoms with Gasteiger partial charge < -0.3 is 0 Å². The van der Waals surface area contributed by atoms with Gasteiger partial charge in [0.05, 0.1) is 11.6 Å². The maximum Gasteiger partial charge on any atom is 0.292 e. The lowest BCUT2D eigenvalue weighted by molar-refractivity contribution is 0.0949. The van der Waals surface area contributed by atoms with Crippen molar-refractivity contribution in [2.75, 3.05) is 0 Å². The van der Waals surface area contributed by atoms with Crippen LogP contribution in [0.2, 0.25) is 0 Å². The largest absolute Gasteiger partial charge is 0.292 e. The molecule has 0 aliphatic rings. The molecule has 0 saturated heterocycles. The quantitative estimate of drug-likeness (QED) is 0.421. The van der Waals surface area contributed by atoms with Gasteiger partial charge in [0.25, 0.3) is 11.5 Å². The van der Waals surface area contributed by atoms with E-state index in [9.17, 15) is 9.59 Å². The average molecular weight is 384 g/mol. The van der Waals surface area contributed by atoms with E-state index in [0.29, 0.717) is 17.3 Å². The Labute approximate surface area is 167 Å². The molecule has 0 atom stereocenters. The molecule has 0 aliphatic carbocycles. The van der Waals surface area contributed by atoms with Crippen molar-refractivity contribution < 1.29 is 4.79 Å². The topological polar surface area (TPSA) is 76.3 Å². The summed E-state index contributed by atoms with van der Waals surface area (Å²) in [4.78, 5) is 25.3. The zero-order valence-corrected chi connectivity index (χ0v) is 16.0. The number of amides is 1. The number of hydrogen-bond acceptors (Lipinski definition) is 4. The van der Waals surface area contributed by atoms with Crippen LogP contribution < -0.4 is 11.0 Å². The van der Waals surface area contributed by atoms with E-state index in [4.69, 9.17) is 0 Å². The maximum absolute atomic E-state index is 12.7. The van der Waals surface area contributed by atoms with E-state index in [0.717, 1.165) is 22.8 Å². The molecular formula is C23H20N4O2. The van der Waals surface area contributed by atoms with Gasteiger partial charge in [-0.3, -0.25) is 9.59 Å². The summed E-state index contributed by atoms with van der Waals surface area (Å²) in [5.74, 6) is -0.455. The van der Waals surface area contributed by atoms with Gasteiger partial charge in [-0.05, 0) is 34.9 Å². The second-order valence-corrected chi connectivity index (χ2v) is 6.73. The zero-order chi connectivity index (χ0) is 20.2. The first-order chi connectivity index (χ1) is 14.2. The Morgan fingerprint density at radius 2 is 1.76 bits per heavy atom. The van der Waals surface area contributed by atoms with E-state index in [1.54, 1.807) is 30.5 Å². The van der Waals surface area contributed by atoms with Crippen molar-refractivity contribution in [3.8, 4) is 0 Å². The average Bonchev–Trinajstić information content (AvgIpc) is 2.75. The number of carbonyl (C=O) groups is 1. The van der Waals surface area contributed by atoms with Crippen molar-refractivity contribution in [3.63, 3.8) is 0 Å². The van der Waals surface area contributed by atoms with Crippen molar-refractivity contribution in [1.29, 1.82) is 0 Å². The molecule has 0 aliphatic heterocycles. The van der Waals surface area contributed by atoms with Gasteiger partial charge in [-0.1, -0.05) is 61.5 Å². The minimum absolute atomic E-state index is 0.185. The van der Waals surface area contributed by atoms with Gasteiger partial charge >= 0.3 is 0 Å². The Hall–Kier alpha value is -3.80. The normalized spacial score (nSPS) is 11.3. The number of carbonyl (C=O) groups excluding carboxylic acids is 1. The number of aromatic nitrogens is 2. The first-order valence-electron chi connectivity index (χ1n) is 9.49. The monoisotopic (exact) mass is 384 g/mol. The summed E-state index contributed by atoms with van der Waals surface area (Å²) in [5, 5.41) is 11.6. The third-order valence-electron chi connectivity index (χ3n) is 4.67. The van der Waals surface area contributed by atoms with Crippen molar-refractivity contribution in [2.24, 2.45) is 5.10 Å². The van der Waals surface area contributed by atoms with Crippen LogP contribution in [-0.4, -0.2) is 21.9 Å². The number of nitrogens with one attached hydrogen (secondary N) is 1. The lowest BCUT2D eigenvalue weighted by atomic mass is 10.1. The molecule has 0 saturated carbocycles. The summed E-state index contributed by atoms with van der Waals surface area (Å²) in [6.45, 7) is 2.40. The molecule has 0 radical (unpaired) electrons. The molecule has 6 nitrogen and oxygen atoms in total. The number of hydrazone groups is 1. The van der Waals surface area contributed by atoms with Crippen molar-refractivity contribution in [2.45, 2.75) is 19.9 Å². The van der Waals surface area contributed by atoms with Crippen LogP contribution in [0.1, 0.15) is 29.4 Å². The first kappa shape index (κ1) is 18.6. The molecular weight excluding hydrogens is 364 g/mol. The second-order valence-electron chi connectivity index (χ2n) is 6.73. The molecule has 0 unspecified atom stereocenters. The molecule has 4 aromatic rings. The highest BCUT2D eigenvalue weighted by atomic mass is 16.2. The van der Waals surface area contributed by atoms with Crippen LogP contribution in [0, 0.1) is 0 Å². The van der Waals surface area contributed by atoms with Crippen LogP contribution in [-0.2, 0) is 6.54 Å². The van der Waals surface area contributed by atoms with Gasteiger partial charge in [0, 0.05) is 11.9 Å². The van der Waals surface area contributed by atoms with Gasteiger partial charge in [-0.15, -0.1) is 0 Å². The van der Waals surface area contributed by atoms with E-state index >= 15 is 0 Å². The Kier molecular flexibility index (Phi) is 5.16. The van der Waals surface area contributed by atoms with Crippen LogP contribution in [0.3, 0.4) is 0 Å². The van der Waals surface area contributed by atoms with E-state index in [2.05, 4.69) is 15.6 Å². The second kappa shape index (κ2) is 8.06. The highest BCUT2D eigenvalue weighted by Gasteiger charge is 2.15. The molecule has 6 heteroatoms. The van der Waals surface area contributed by atoms with Gasteiger partial charge in [0.15, 0.2) is 5.69 Å². The molecule has 1 aromatic heterocycles. The minimum atomic E-state index is -0.455. The Balaban J connectivity index is 1.62. The fraction of sp³-hybridized carbons (Fsp3) is 0.130. The summed E-state index contributed by atoms with van der Waals surface area (Å²) >= 11 is 0. The predicted molar refractivity (Wildman–Crippen MR) is 115 cm³/mol. The molecule has 29 heavy (non-hydrogen) atoms. The summed E-state index contributed by atoms with van der Waals surface area (Å²) in [6.07, 6.45) is 2.33. The fourth-order valence-electron chi connectivity index (χ4n) is 3.27. The lowest BCUT2D eigenvalue weighted by Crippen LogP contribution is -2.29. The predicted octanol–water partition coefficient (Wildman–Crippen LogP) is 3.72. The van der Waals surface area contributed by atoms with Gasteiger partial charge in [-0.2, -0.15) is 10.2 Å². The Morgan fingerprint density at radius 3 is 2.55 bits per heavy atom. The van der Waals surface area contributed by atoms with Crippen molar-refractivity contribution >= 4 is 33.7 Å². The van der Waals surface area contributed by atoms with E-state index < -0.39 is 5.91 Å². The zero-order valence-electron chi connectivity index (χ0n) is 16.0. The number of aryl methyl sites for hydroxylation is 1. The molecule has 1 heterocycles. The number of hydrogen-bond donors (Lipinski definition) is 1. The summed E-state index contributed by atoms with van der Waals surface area (Å²) in [7, 11) is 0. The van der Waals surface area contributed by atoms with Crippen LogP contribution in [0.15, 0.2) is 76.6 Å². The Morgan fingerprint density at radius 1 is 1.03 bits per heavy atom. The molecule has 3 aromatic carbocycles. The molecule has 4 rings (SSSR count). The van der Waals surface area contributed by atoms with Crippen molar-refractivity contribution in [1.82, 2.24) is 15.2 Å². The summed E-state index contributed by atoms with van der Waals surface area (Å²) < 4.78 is 1.34. The number of benzene rings is 3. The van der Waals surface area contributed by atoms with E-state index in [-0.39, 0.29) is 11.3 Å². The van der Waals surface area contributed by atoms with E-state index in [1.807, 2.05) is 49.4 Å². The van der Waals surface area contributed by atoms with Crippen LogP contribution in [0.4, 0.5) is 0 Å². The fourth-order valence-corrected chi connectivity index (χ4v) is 3.27. The third-order valence-corrected chi connectivity index (χ3v) is 4.67. The first-order valence-corrected chi connectivity index (χ1v) is 9.49. The number of fused-ring (bicyclic) bond motifs is 2. The maximum atomic E-state index is 12.7. The smallest absolute Gasteiger partial charge is 0.267 e. The van der Waals surface area contributed by atoms with Crippen molar-refractivity contribution in [3.05, 3.63) is 88.3 Å². The third kappa shape index (κ3) is 3.78. The highest BCUT2D eigenvalue weighted by molar-refractivity contribution is 6.05. The molecule has 0 bridgehead atoms. The van der Waals surface area contributed by atoms with Crippen LogP contribution in [0.25, 0.3) is 21.5 Å². The lowest BCUT2D eigenvalue weighted by Gasteiger charge is -2.09. The molecule has 0 fully saturated rings. The minimum Gasteiger partial charge on any atom is -0.267 e. The SMILES string of the molecule is CCCn1nc(C(=O)N/N=C\c2ccc3ccccc3c2)c2ccccc2c1=O. The standard InChI is InChI=1S/C23H20N4O2/c1-2-13-27-23(29)20-10-6-5-9-19(20)21(26-27)22(28)25-24-15-16-11-12-17-7-3-4-8-18(17)14-16/h3-12,14-15H,2,13H2,1H3,(H,25,28)/b24-15-. The van der Waals surface area contributed by atoms with Crippen LogP contribution >= 0.6 is 0 Å². The van der Waals surface area contributed by atoms with Gasteiger partial charge in [0.1, 0.15) is 0 Å².